The van der Waals surface area contributed by atoms with Crippen LogP contribution in [0.25, 0.3) is 0 Å². The van der Waals surface area contributed by atoms with Gasteiger partial charge in [-0.3, -0.25) is 10.2 Å². The first kappa shape index (κ1) is 17.8. The summed E-state index contributed by atoms with van der Waals surface area (Å²) < 4.78 is 40.9. The molecular weight excluding hydrogens is 305 g/mol. The lowest BCUT2D eigenvalue weighted by Gasteiger charge is -2.38. The third-order valence-corrected chi connectivity index (χ3v) is 4.00. The molecule has 1 saturated heterocycles. The normalized spacial score (nSPS) is 19.9. The average molecular weight is 328 g/mol. The summed E-state index contributed by atoms with van der Waals surface area (Å²) in [5, 5.41) is 1.03. The van der Waals surface area contributed by atoms with E-state index in [9.17, 15) is 18.0 Å². The summed E-state index contributed by atoms with van der Waals surface area (Å²) in [4.78, 5) is 11.6. The van der Waals surface area contributed by atoms with Crippen molar-refractivity contribution in [3.8, 4) is 0 Å². The Morgan fingerprint density at radius 3 is 2.17 bits per heavy atom. The van der Waals surface area contributed by atoms with Crippen molar-refractivity contribution in [2.75, 3.05) is 0 Å². The summed E-state index contributed by atoms with van der Waals surface area (Å²) in [6, 6.07) is 4.64. The molecule has 0 spiro atoms. The van der Waals surface area contributed by atoms with E-state index in [4.69, 9.17) is 0 Å². The van der Waals surface area contributed by atoms with Gasteiger partial charge in [0.05, 0.1) is 0 Å². The van der Waals surface area contributed by atoms with Crippen LogP contribution in [-0.4, -0.2) is 22.6 Å². The Balaban J connectivity index is 2.35. The predicted molar refractivity (Wildman–Crippen MR) is 82.5 cm³/mol. The number of nitrogens with one attached hydrogen (secondary N) is 1. The number of hydrogen-bond acceptors (Lipinski definition) is 2. The Kier molecular flexibility index (Phi) is 4.76. The van der Waals surface area contributed by atoms with Crippen LogP contribution in [0.5, 0.6) is 0 Å². The van der Waals surface area contributed by atoms with Crippen LogP contribution in [0.2, 0.25) is 0 Å². The lowest BCUT2D eigenvalue weighted by atomic mass is 9.95. The van der Waals surface area contributed by atoms with Crippen LogP contribution in [0.4, 0.5) is 13.2 Å². The maximum atomic E-state index is 13.6. The van der Waals surface area contributed by atoms with Gasteiger partial charge in [0, 0.05) is 12.0 Å². The van der Waals surface area contributed by atoms with Crippen LogP contribution in [-0.2, 0) is 11.2 Å². The van der Waals surface area contributed by atoms with Gasteiger partial charge in [-0.25, -0.2) is 0 Å². The highest BCUT2D eigenvalue weighted by Gasteiger charge is 2.52. The van der Waals surface area contributed by atoms with Gasteiger partial charge in [-0.15, -0.1) is 0 Å². The molecule has 0 bridgehead atoms. The molecule has 1 aromatic carbocycles. The highest BCUT2D eigenvalue weighted by atomic mass is 19.4. The first-order chi connectivity index (χ1) is 10.5. The summed E-state index contributed by atoms with van der Waals surface area (Å²) in [6.45, 7) is 7.40. The molecule has 6 heteroatoms. The fourth-order valence-electron chi connectivity index (χ4n) is 3.01. The van der Waals surface area contributed by atoms with Gasteiger partial charge in [-0.2, -0.15) is 18.2 Å². The summed E-state index contributed by atoms with van der Waals surface area (Å²) in [5.41, 5.74) is 2.62. The van der Waals surface area contributed by atoms with E-state index in [2.05, 4.69) is 19.3 Å². The van der Waals surface area contributed by atoms with E-state index in [1.165, 1.54) is 12.1 Å². The number of rotatable bonds is 4. The lowest BCUT2D eigenvalue weighted by molar-refractivity contribution is -0.203. The molecular formula is C17H23F3N2O. The van der Waals surface area contributed by atoms with Gasteiger partial charge in [0.2, 0.25) is 5.91 Å². The maximum Gasteiger partial charge on any atom is 0.409 e. The fraction of sp³-hybridized carbons (Fsp3) is 0.588. The number of hydrazine groups is 1. The molecule has 1 heterocycles. The minimum atomic E-state index is -4.48. The molecule has 23 heavy (non-hydrogen) atoms. The summed E-state index contributed by atoms with van der Waals surface area (Å²) >= 11 is 0. The molecule has 128 valence electrons. The second kappa shape index (κ2) is 6.15. The van der Waals surface area contributed by atoms with Crippen molar-refractivity contribution in [3.05, 3.63) is 35.4 Å². The van der Waals surface area contributed by atoms with Gasteiger partial charge in [0.1, 0.15) is 0 Å². The molecule has 1 atom stereocenters. The molecule has 0 saturated carbocycles. The van der Waals surface area contributed by atoms with E-state index in [-0.39, 0.29) is 17.9 Å². The summed E-state index contributed by atoms with van der Waals surface area (Å²) in [6.07, 6.45) is -3.61. The molecule has 0 aromatic heterocycles. The highest BCUT2D eigenvalue weighted by Crippen LogP contribution is 2.42. The Labute approximate surface area is 134 Å². The largest absolute Gasteiger partial charge is 0.409 e. The van der Waals surface area contributed by atoms with Crippen molar-refractivity contribution in [3.63, 3.8) is 0 Å². The Morgan fingerprint density at radius 2 is 1.78 bits per heavy atom. The van der Waals surface area contributed by atoms with Crippen LogP contribution < -0.4 is 5.43 Å². The number of alkyl halides is 3. The molecule has 0 radical (unpaired) electrons. The zero-order valence-corrected chi connectivity index (χ0v) is 13.9. The molecule has 2 rings (SSSR count). The molecule has 1 aliphatic rings. The van der Waals surface area contributed by atoms with E-state index in [0.717, 1.165) is 17.0 Å². The van der Waals surface area contributed by atoms with Crippen molar-refractivity contribution in [2.45, 2.75) is 58.3 Å². The van der Waals surface area contributed by atoms with Crippen LogP contribution in [0.3, 0.4) is 0 Å². The van der Waals surface area contributed by atoms with Crippen molar-refractivity contribution < 1.29 is 18.0 Å². The number of benzene rings is 1. The number of halogens is 3. The van der Waals surface area contributed by atoms with Crippen LogP contribution in [0.1, 0.15) is 51.3 Å². The molecule has 0 aliphatic carbocycles. The summed E-state index contributed by atoms with van der Waals surface area (Å²) in [5.74, 6) is 0.0525. The van der Waals surface area contributed by atoms with E-state index in [1.54, 1.807) is 26.0 Å². The van der Waals surface area contributed by atoms with Gasteiger partial charge in [0.15, 0.2) is 6.04 Å². The minimum Gasteiger partial charge on any atom is -0.287 e. The number of carbonyl (C=O) groups is 1. The smallest absolute Gasteiger partial charge is 0.287 e. The van der Waals surface area contributed by atoms with Crippen molar-refractivity contribution in [1.29, 1.82) is 0 Å². The average Bonchev–Trinajstić information content (AvgIpc) is 2.62. The number of nitrogens with zero attached hydrogens (tertiary/aromatic N) is 1. The van der Waals surface area contributed by atoms with E-state index < -0.39 is 17.8 Å². The zero-order valence-electron chi connectivity index (χ0n) is 13.9. The van der Waals surface area contributed by atoms with Crippen LogP contribution in [0.15, 0.2) is 24.3 Å². The molecule has 1 N–H and O–H groups in total. The van der Waals surface area contributed by atoms with E-state index in [0.29, 0.717) is 5.92 Å². The van der Waals surface area contributed by atoms with Crippen molar-refractivity contribution in [2.24, 2.45) is 5.92 Å². The number of hydrogen-bond donors (Lipinski definition) is 1. The second-order valence-electron chi connectivity index (χ2n) is 7.18. The van der Waals surface area contributed by atoms with Gasteiger partial charge < -0.3 is 0 Å². The summed E-state index contributed by atoms with van der Waals surface area (Å²) in [7, 11) is 0. The number of amides is 1. The third kappa shape index (κ3) is 4.05. The van der Waals surface area contributed by atoms with Crippen LogP contribution >= 0.6 is 0 Å². The Bertz CT molecular complexity index is 564. The SMILES string of the molecule is CC(C)Cc1ccc([C@H](N2NC(=O)CC2(C)C)C(F)(F)F)cc1. The van der Waals surface area contributed by atoms with Gasteiger partial charge in [0.25, 0.3) is 0 Å². The lowest BCUT2D eigenvalue weighted by Crippen LogP contribution is -2.51. The number of carbonyl (C=O) groups excluding carboxylic acids is 1. The minimum absolute atomic E-state index is 0.0466. The molecule has 0 unspecified atom stereocenters. The van der Waals surface area contributed by atoms with Gasteiger partial charge in [-0.05, 0) is 37.3 Å². The van der Waals surface area contributed by atoms with Crippen LogP contribution in [0, 0.1) is 5.92 Å². The first-order valence-electron chi connectivity index (χ1n) is 7.75. The first-order valence-corrected chi connectivity index (χ1v) is 7.75. The molecule has 3 nitrogen and oxygen atoms in total. The van der Waals surface area contributed by atoms with Crippen molar-refractivity contribution >= 4 is 5.91 Å². The molecule has 1 amide bonds. The molecule has 1 aliphatic heterocycles. The zero-order chi connectivity index (χ0) is 17.4. The van der Waals surface area contributed by atoms with E-state index in [1.807, 2.05) is 0 Å². The van der Waals surface area contributed by atoms with Crippen molar-refractivity contribution in [1.82, 2.24) is 10.4 Å². The highest BCUT2D eigenvalue weighted by molar-refractivity contribution is 5.79. The van der Waals surface area contributed by atoms with E-state index >= 15 is 0 Å². The molecule has 1 aromatic rings. The third-order valence-electron chi connectivity index (χ3n) is 4.00. The standard InChI is InChI=1S/C17H23F3N2O/c1-11(2)9-12-5-7-13(8-6-12)15(17(18,19)20)22-16(3,4)10-14(23)21-22/h5-8,11,15H,9-10H2,1-4H3,(H,21,23)/t15-/m0/s1. The molecule has 1 fully saturated rings. The van der Waals surface area contributed by atoms with Gasteiger partial charge in [-0.1, -0.05) is 38.1 Å². The Morgan fingerprint density at radius 1 is 1.22 bits per heavy atom. The fourth-order valence-corrected chi connectivity index (χ4v) is 3.01. The maximum absolute atomic E-state index is 13.6. The second-order valence-corrected chi connectivity index (χ2v) is 7.18. The predicted octanol–water partition coefficient (Wildman–Crippen LogP) is 4.00. The Hall–Kier alpha value is -1.56. The monoisotopic (exact) mass is 328 g/mol. The van der Waals surface area contributed by atoms with Gasteiger partial charge >= 0.3 is 6.18 Å². The topological polar surface area (TPSA) is 32.3 Å². The quantitative estimate of drug-likeness (QED) is 0.906.